The molecule has 0 saturated carbocycles. The Morgan fingerprint density at radius 2 is 1.55 bits per heavy atom. The predicted octanol–water partition coefficient (Wildman–Crippen LogP) is 2.40. The van der Waals surface area contributed by atoms with E-state index in [0.29, 0.717) is 6.54 Å². The van der Waals surface area contributed by atoms with Crippen LogP contribution in [0.4, 0.5) is 0 Å². The molecule has 1 aromatic rings. The van der Waals surface area contributed by atoms with Crippen molar-refractivity contribution in [1.29, 1.82) is 0 Å². The lowest BCUT2D eigenvalue weighted by Gasteiger charge is -2.42. The highest BCUT2D eigenvalue weighted by Gasteiger charge is 2.49. The molecule has 1 rings (SSSR count). The third kappa shape index (κ3) is 4.30. The van der Waals surface area contributed by atoms with Gasteiger partial charge in [-0.15, -0.1) is 0 Å². The summed E-state index contributed by atoms with van der Waals surface area (Å²) in [5, 5.41) is 0. The van der Waals surface area contributed by atoms with Crippen LogP contribution >= 0.6 is 0 Å². The molecule has 0 aliphatic heterocycles. The minimum atomic E-state index is -1.51. The van der Waals surface area contributed by atoms with Gasteiger partial charge >= 0.3 is 17.8 Å². The van der Waals surface area contributed by atoms with Crippen molar-refractivity contribution < 1.29 is 23.5 Å². The summed E-state index contributed by atoms with van der Waals surface area (Å²) in [5.41, 5.74) is 1.02. The van der Waals surface area contributed by atoms with Gasteiger partial charge in [-0.05, 0) is 0 Å². The highest BCUT2D eigenvalue weighted by atomic mass is 16.8. The van der Waals surface area contributed by atoms with Crippen molar-refractivity contribution in [3.05, 3.63) is 61.2 Å². The fraction of sp³-hybridized carbons (Fsp3) is 0.294. The number of carbonyl (C=O) groups is 2. The van der Waals surface area contributed by atoms with Crippen molar-refractivity contribution in [2.45, 2.75) is 19.4 Å². The second-order valence-electron chi connectivity index (χ2n) is 5.48. The van der Waals surface area contributed by atoms with E-state index in [9.17, 15) is 9.59 Å². The zero-order chi connectivity index (χ0) is 16.8. The van der Waals surface area contributed by atoms with E-state index in [1.807, 2.05) is 30.3 Å². The Hall–Kier alpha value is -2.40. The molecule has 0 heterocycles. The normalized spacial score (nSPS) is 11.4. The zero-order valence-corrected chi connectivity index (χ0v) is 13.2. The summed E-state index contributed by atoms with van der Waals surface area (Å²) >= 11 is 0. The minimum absolute atomic E-state index is 0.0934. The fourth-order valence-electron chi connectivity index (χ4n) is 1.91. The summed E-state index contributed by atoms with van der Waals surface area (Å²) in [6.45, 7) is 8.77. The van der Waals surface area contributed by atoms with Crippen molar-refractivity contribution in [2.75, 3.05) is 14.1 Å². The fourth-order valence-corrected chi connectivity index (χ4v) is 1.91. The molecule has 0 saturated heterocycles. The molecule has 5 heteroatoms. The minimum Gasteiger partial charge on any atom is -0.371 e. The van der Waals surface area contributed by atoms with Gasteiger partial charge in [-0.25, -0.2) is 9.59 Å². The zero-order valence-electron chi connectivity index (χ0n) is 13.2. The first-order valence-corrected chi connectivity index (χ1v) is 6.82. The highest BCUT2D eigenvalue weighted by Crippen LogP contribution is 2.27. The SMILES string of the molecule is C=CC(=O)OC(C)(OC(=O)C=C)[N+](C)(C)Cc1ccccc1. The van der Waals surface area contributed by atoms with Crippen LogP contribution in [0.3, 0.4) is 0 Å². The average molecular weight is 304 g/mol. The summed E-state index contributed by atoms with van der Waals surface area (Å²) in [4.78, 5) is 23.3. The lowest BCUT2D eigenvalue weighted by molar-refractivity contribution is -0.998. The molecule has 0 unspecified atom stereocenters. The number of hydrogen-bond donors (Lipinski definition) is 0. The third-order valence-electron chi connectivity index (χ3n) is 3.43. The third-order valence-corrected chi connectivity index (χ3v) is 3.43. The number of nitrogens with zero attached hydrogens (tertiary/aromatic N) is 1. The first-order chi connectivity index (χ1) is 10.2. The Balaban J connectivity index is 3.10. The number of hydrogen-bond acceptors (Lipinski definition) is 4. The quantitative estimate of drug-likeness (QED) is 0.336. The molecule has 0 spiro atoms. The lowest BCUT2D eigenvalue weighted by Crippen LogP contribution is -2.61. The van der Waals surface area contributed by atoms with Crippen LogP contribution in [0.1, 0.15) is 12.5 Å². The Kier molecular flexibility index (Phi) is 5.65. The monoisotopic (exact) mass is 304 g/mol. The number of rotatable bonds is 7. The standard InChI is InChI=1S/C17H22NO4/c1-6-15(19)21-17(3,22-16(20)7-2)18(4,5)13-14-11-9-8-10-12-14/h6-12H,1-2,13H2,3-5H3/q+1. The molecule has 0 atom stereocenters. The van der Waals surface area contributed by atoms with E-state index >= 15 is 0 Å². The number of ether oxygens (including phenoxy) is 2. The summed E-state index contributed by atoms with van der Waals surface area (Å²) in [7, 11) is 3.61. The molecule has 118 valence electrons. The lowest BCUT2D eigenvalue weighted by atomic mass is 10.2. The summed E-state index contributed by atoms with van der Waals surface area (Å²) in [6.07, 6.45) is 2.06. The van der Waals surface area contributed by atoms with E-state index in [1.165, 1.54) is 0 Å². The van der Waals surface area contributed by atoms with Crippen LogP contribution < -0.4 is 0 Å². The molecular weight excluding hydrogens is 282 g/mol. The summed E-state index contributed by atoms with van der Waals surface area (Å²) < 4.78 is 10.7. The van der Waals surface area contributed by atoms with Gasteiger partial charge in [-0.2, -0.15) is 0 Å². The highest BCUT2D eigenvalue weighted by molar-refractivity contribution is 5.83. The number of benzene rings is 1. The topological polar surface area (TPSA) is 52.6 Å². The van der Waals surface area contributed by atoms with Crippen LogP contribution in [0, 0.1) is 0 Å². The van der Waals surface area contributed by atoms with Crippen molar-refractivity contribution in [1.82, 2.24) is 0 Å². The van der Waals surface area contributed by atoms with Crippen LogP contribution in [-0.4, -0.2) is 36.4 Å². The first-order valence-electron chi connectivity index (χ1n) is 6.82. The van der Waals surface area contributed by atoms with E-state index in [-0.39, 0.29) is 4.48 Å². The molecule has 0 aliphatic rings. The van der Waals surface area contributed by atoms with Gasteiger partial charge in [0.15, 0.2) is 0 Å². The van der Waals surface area contributed by atoms with Gasteiger partial charge in [0.25, 0.3) is 0 Å². The Morgan fingerprint density at radius 3 is 1.95 bits per heavy atom. The Morgan fingerprint density at radius 1 is 1.09 bits per heavy atom. The molecule has 0 fully saturated rings. The molecule has 5 nitrogen and oxygen atoms in total. The van der Waals surface area contributed by atoms with Gasteiger partial charge in [0.05, 0.1) is 21.0 Å². The van der Waals surface area contributed by atoms with Gasteiger partial charge in [0.2, 0.25) is 0 Å². The van der Waals surface area contributed by atoms with Crippen LogP contribution in [0.5, 0.6) is 0 Å². The van der Waals surface area contributed by atoms with Gasteiger partial charge < -0.3 is 9.47 Å². The maximum atomic E-state index is 11.6. The van der Waals surface area contributed by atoms with E-state index in [2.05, 4.69) is 13.2 Å². The second-order valence-corrected chi connectivity index (χ2v) is 5.48. The molecule has 1 aromatic carbocycles. The Bertz CT molecular complexity index is 541. The largest absolute Gasteiger partial charge is 0.405 e. The Labute approximate surface area is 131 Å². The summed E-state index contributed by atoms with van der Waals surface area (Å²) in [6, 6.07) is 9.64. The van der Waals surface area contributed by atoms with Gasteiger partial charge in [-0.1, -0.05) is 43.5 Å². The molecule has 0 bridgehead atoms. The van der Waals surface area contributed by atoms with E-state index < -0.39 is 17.8 Å². The van der Waals surface area contributed by atoms with Crippen molar-refractivity contribution in [2.24, 2.45) is 0 Å². The molecule has 0 aromatic heterocycles. The van der Waals surface area contributed by atoms with Crippen LogP contribution in [0.15, 0.2) is 55.6 Å². The van der Waals surface area contributed by atoms with Crippen molar-refractivity contribution in [3.63, 3.8) is 0 Å². The van der Waals surface area contributed by atoms with Crippen LogP contribution in [0.2, 0.25) is 0 Å². The molecule has 0 amide bonds. The van der Waals surface area contributed by atoms with E-state index in [1.54, 1.807) is 21.0 Å². The van der Waals surface area contributed by atoms with Crippen LogP contribution in [-0.2, 0) is 25.6 Å². The maximum Gasteiger partial charge on any atom is 0.405 e. The smallest absolute Gasteiger partial charge is 0.371 e. The van der Waals surface area contributed by atoms with Crippen molar-refractivity contribution in [3.8, 4) is 0 Å². The molecule has 0 radical (unpaired) electrons. The molecule has 22 heavy (non-hydrogen) atoms. The van der Waals surface area contributed by atoms with E-state index in [4.69, 9.17) is 9.47 Å². The van der Waals surface area contributed by atoms with Gasteiger partial charge in [-0.3, -0.25) is 4.48 Å². The van der Waals surface area contributed by atoms with Crippen LogP contribution in [0.25, 0.3) is 0 Å². The molecule has 0 aliphatic carbocycles. The van der Waals surface area contributed by atoms with Crippen molar-refractivity contribution >= 4 is 11.9 Å². The number of esters is 2. The number of carbonyl (C=O) groups excluding carboxylic acids is 2. The molecule has 0 N–H and O–H groups in total. The first kappa shape index (κ1) is 17.7. The predicted molar refractivity (Wildman–Crippen MR) is 83.2 cm³/mol. The maximum absolute atomic E-state index is 11.6. The number of quaternary nitrogens is 1. The second kappa shape index (κ2) is 7.04. The van der Waals surface area contributed by atoms with Gasteiger partial charge in [0, 0.05) is 17.7 Å². The molecular formula is C17H22NO4+. The van der Waals surface area contributed by atoms with Gasteiger partial charge in [0.1, 0.15) is 6.54 Å². The summed E-state index contributed by atoms with van der Waals surface area (Å²) in [5.74, 6) is -2.84. The van der Waals surface area contributed by atoms with E-state index in [0.717, 1.165) is 17.7 Å². The average Bonchev–Trinajstić information content (AvgIpc) is 2.47.